The van der Waals surface area contributed by atoms with E-state index in [1.54, 1.807) is 26.6 Å². The molecule has 0 unspecified atom stereocenters. The summed E-state index contributed by atoms with van der Waals surface area (Å²) in [5.41, 5.74) is 0.988. The molecule has 0 aromatic carbocycles. The topological polar surface area (TPSA) is 52.6 Å². The number of terminal acetylenes is 1. The summed E-state index contributed by atoms with van der Waals surface area (Å²) in [5.74, 6) is 4.40. The van der Waals surface area contributed by atoms with Crippen molar-refractivity contribution < 1.29 is 18.4 Å². The summed E-state index contributed by atoms with van der Waals surface area (Å²) in [6.07, 6.45) is 9.62. The molecule has 5 heteroatoms. The van der Waals surface area contributed by atoms with Crippen LogP contribution in [0, 0.1) is 12.3 Å². The lowest BCUT2D eigenvalue weighted by atomic mass is 10.0. The SMILES string of the molecule is C#CCC/C(=C/P(=O)(OCC)OCC)CCCCC(C)=O. The van der Waals surface area contributed by atoms with Gasteiger partial charge >= 0.3 is 7.60 Å². The van der Waals surface area contributed by atoms with Crippen LogP contribution in [0.2, 0.25) is 0 Å². The summed E-state index contributed by atoms with van der Waals surface area (Å²) < 4.78 is 23.1. The standard InChI is InChI=1S/C16H27O4P/c1-5-8-12-16(13-10-9-11-15(4)17)14-21(18,19-6-2)20-7-3/h1,14H,6-13H2,2-4H3/b16-14-. The Bertz CT molecular complexity index is 410. The van der Waals surface area contributed by atoms with Gasteiger partial charge in [-0.2, -0.15) is 0 Å². The van der Waals surface area contributed by atoms with Crippen LogP contribution >= 0.6 is 7.60 Å². The monoisotopic (exact) mass is 314 g/mol. The number of unbranched alkanes of at least 4 members (excludes halogenated alkanes) is 1. The molecule has 0 amide bonds. The molecule has 120 valence electrons. The smallest absolute Gasteiger partial charge is 0.306 e. The summed E-state index contributed by atoms with van der Waals surface area (Å²) in [7, 11) is -3.18. The minimum atomic E-state index is -3.18. The lowest BCUT2D eigenvalue weighted by Gasteiger charge is -2.15. The summed E-state index contributed by atoms with van der Waals surface area (Å²) in [4.78, 5) is 10.9. The van der Waals surface area contributed by atoms with Crippen molar-refractivity contribution in [3.63, 3.8) is 0 Å². The Hall–Kier alpha value is -0.880. The fourth-order valence-corrected chi connectivity index (χ4v) is 3.56. The van der Waals surface area contributed by atoms with E-state index >= 15 is 0 Å². The van der Waals surface area contributed by atoms with Gasteiger partial charge in [0.05, 0.1) is 13.2 Å². The average molecular weight is 314 g/mol. The van der Waals surface area contributed by atoms with Gasteiger partial charge in [0, 0.05) is 18.7 Å². The van der Waals surface area contributed by atoms with Crippen molar-refractivity contribution in [2.75, 3.05) is 13.2 Å². The number of Topliss-reactive ketones (excluding diaryl/α,β-unsaturated/α-hetero) is 1. The van der Waals surface area contributed by atoms with E-state index in [4.69, 9.17) is 15.5 Å². The van der Waals surface area contributed by atoms with Crippen LogP contribution in [-0.2, 0) is 18.4 Å². The van der Waals surface area contributed by atoms with Gasteiger partial charge in [-0.05, 0) is 46.5 Å². The maximum Gasteiger partial charge on any atom is 0.354 e. The quantitative estimate of drug-likeness (QED) is 0.298. The van der Waals surface area contributed by atoms with Crippen LogP contribution in [0.4, 0.5) is 0 Å². The second-order valence-electron chi connectivity index (χ2n) is 4.78. The fourth-order valence-electron chi connectivity index (χ4n) is 1.91. The molecule has 0 heterocycles. The van der Waals surface area contributed by atoms with Gasteiger partial charge < -0.3 is 13.8 Å². The third-order valence-corrected chi connectivity index (χ3v) is 4.74. The number of hydrogen-bond acceptors (Lipinski definition) is 4. The molecule has 0 aliphatic carbocycles. The molecule has 0 spiro atoms. The number of carbonyl (C=O) groups excluding carboxylic acids is 1. The van der Waals surface area contributed by atoms with Gasteiger partial charge in [0.15, 0.2) is 0 Å². The lowest BCUT2D eigenvalue weighted by molar-refractivity contribution is -0.117. The summed E-state index contributed by atoms with van der Waals surface area (Å²) in [6, 6.07) is 0. The van der Waals surface area contributed by atoms with Crippen molar-refractivity contribution in [2.45, 2.75) is 59.3 Å². The highest BCUT2D eigenvalue weighted by Crippen LogP contribution is 2.51. The number of carbonyl (C=O) groups is 1. The van der Waals surface area contributed by atoms with Gasteiger partial charge in [-0.3, -0.25) is 4.57 Å². The Morgan fingerprint density at radius 1 is 1.14 bits per heavy atom. The largest absolute Gasteiger partial charge is 0.354 e. The third kappa shape index (κ3) is 10.5. The Balaban J connectivity index is 4.75. The highest BCUT2D eigenvalue weighted by atomic mass is 31.2. The van der Waals surface area contributed by atoms with E-state index in [-0.39, 0.29) is 5.78 Å². The van der Waals surface area contributed by atoms with E-state index in [1.165, 1.54) is 0 Å². The van der Waals surface area contributed by atoms with Crippen molar-refractivity contribution in [1.82, 2.24) is 0 Å². The van der Waals surface area contributed by atoms with Gasteiger partial charge in [-0.1, -0.05) is 5.57 Å². The normalized spacial score (nSPS) is 12.2. The van der Waals surface area contributed by atoms with E-state index in [0.29, 0.717) is 32.5 Å². The summed E-state index contributed by atoms with van der Waals surface area (Å²) >= 11 is 0. The zero-order chi connectivity index (χ0) is 16.1. The molecule has 0 aromatic heterocycles. The maximum absolute atomic E-state index is 12.5. The first-order valence-electron chi connectivity index (χ1n) is 7.49. The highest BCUT2D eigenvalue weighted by molar-refractivity contribution is 7.57. The van der Waals surface area contributed by atoms with Crippen molar-refractivity contribution >= 4 is 13.4 Å². The van der Waals surface area contributed by atoms with Gasteiger partial charge in [0.1, 0.15) is 5.78 Å². The predicted octanol–water partition coefficient (Wildman–Crippen LogP) is 4.70. The molecule has 0 radical (unpaired) electrons. The van der Waals surface area contributed by atoms with Crippen molar-refractivity contribution in [2.24, 2.45) is 0 Å². The van der Waals surface area contributed by atoms with Crippen molar-refractivity contribution in [3.8, 4) is 12.3 Å². The van der Waals surface area contributed by atoms with Crippen molar-refractivity contribution in [1.29, 1.82) is 0 Å². The molecule has 0 atom stereocenters. The number of rotatable bonds is 12. The molecule has 21 heavy (non-hydrogen) atoms. The molecule has 0 aromatic rings. The summed E-state index contributed by atoms with van der Waals surface area (Å²) in [6.45, 7) is 5.83. The van der Waals surface area contributed by atoms with Crippen LogP contribution in [-0.4, -0.2) is 19.0 Å². The van der Waals surface area contributed by atoms with Crippen LogP contribution < -0.4 is 0 Å². The molecular formula is C16H27O4P. The van der Waals surface area contributed by atoms with E-state index in [9.17, 15) is 9.36 Å². The zero-order valence-corrected chi connectivity index (χ0v) is 14.3. The Morgan fingerprint density at radius 3 is 2.19 bits per heavy atom. The average Bonchev–Trinajstić information content (AvgIpc) is 2.40. The van der Waals surface area contributed by atoms with Crippen molar-refractivity contribution in [3.05, 3.63) is 11.4 Å². The second kappa shape index (κ2) is 11.7. The molecule has 0 aliphatic heterocycles. The zero-order valence-electron chi connectivity index (χ0n) is 13.4. The molecule has 0 aliphatic rings. The minimum absolute atomic E-state index is 0.193. The molecule has 0 N–H and O–H groups in total. The number of allylic oxidation sites excluding steroid dienone is 1. The van der Waals surface area contributed by atoms with E-state index < -0.39 is 7.60 Å². The second-order valence-corrected chi connectivity index (χ2v) is 6.63. The fraction of sp³-hybridized carbons (Fsp3) is 0.688. The van der Waals surface area contributed by atoms with Gasteiger partial charge in [0.2, 0.25) is 0 Å². The minimum Gasteiger partial charge on any atom is -0.306 e. The molecule has 0 saturated carbocycles. The van der Waals surface area contributed by atoms with Crippen LogP contribution in [0.5, 0.6) is 0 Å². The predicted molar refractivity (Wildman–Crippen MR) is 86.2 cm³/mol. The number of hydrogen-bond donors (Lipinski definition) is 0. The lowest BCUT2D eigenvalue weighted by Crippen LogP contribution is -1.96. The van der Waals surface area contributed by atoms with Gasteiger partial charge in [-0.25, -0.2) is 0 Å². The third-order valence-electron chi connectivity index (χ3n) is 2.83. The van der Waals surface area contributed by atoms with Crippen LogP contribution in [0.25, 0.3) is 0 Å². The molecule has 0 saturated heterocycles. The van der Waals surface area contributed by atoms with E-state index in [0.717, 1.165) is 24.8 Å². The molecular weight excluding hydrogens is 287 g/mol. The first-order valence-corrected chi connectivity index (χ1v) is 9.11. The Labute approximate surface area is 128 Å². The maximum atomic E-state index is 12.5. The number of ketones is 1. The summed E-state index contributed by atoms with van der Waals surface area (Å²) in [5, 5.41) is 0. The molecule has 4 nitrogen and oxygen atoms in total. The Kier molecular flexibility index (Phi) is 11.3. The molecule has 0 bridgehead atoms. The van der Waals surface area contributed by atoms with Gasteiger partial charge in [0.25, 0.3) is 0 Å². The molecule has 0 fully saturated rings. The van der Waals surface area contributed by atoms with Crippen LogP contribution in [0.15, 0.2) is 11.4 Å². The first-order chi connectivity index (χ1) is 9.97. The Morgan fingerprint density at radius 2 is 1.71 bits per heavy atom. The van der Waals surface area contributed by atoms with Gasteiger partial charge in [-0.15, -0.1) is 12.3 Å². The highest BCUT2D eigenvalue weighted by Gasteiger charge is 2.21. The molecule has 0 rings (SSSR count). The van der Waals surface area contributed by atoms with E-state index in [1.807, 2.05) is 0 Å². The van der Waals surface area contributed by atoms with E-state index in [2.05, 4.69) is 5.92 Å². The van der Waals surface area contributed by atoms with Crippen LogP contribution in [0.3, 0.4) is 0 Å². The first kappa shape index (κ1) is 20.1. The van der Waals surface area contributed by atoms with Crippen LogP contribution in [0.1, 0.15) is 59.3 Å².